The van der Waals surface area contributed by atoms with Crippen LogP contribution in [-0.2, 0) is 10.0 Å². The number of benzene rings is 1. The molecule has 102 valence electrons. The molecular formula is C12H10N4O3S. The van der Waals surface area contributed by atoms with Gasteiger partial charge in [-0.2, -0.15) is 0 Å². The van der Waals surface area contributed by atoms with E-state index in [-0.39, 0.29) is 10.6 Å². The van der Waals surface area contributed by atoms with Crippen LogP contribution < -0.4 is 10.5 Å². The fourth-order valence-electron chi connectivity index (χ4n) is 1.85. The number of nitrogens with zero attached hydrogens (tertiary/aromatic N) is 2. The monoisotopic (exact) mass is 290 g/mol. The van der Waals surface area contributed by atoms with E-state index in [2.05, 4.69) is 19.4 Å². The van der Waals surface area contributed by atoms with Gasteiger partial charge in [-0.25, -0.2) is 8.42 Å². The Bertz CT molecular complexity index is 860. The van der Waals surface area contributed by atoms with Crippen molar-refractivity contribution < 1.29 is 12.9 Å². The lowest BCUT2D eigenvalue weighted by Gasteiger charge is -2.09. The number of nitrogens with one attached hydrogen (secondary N) is 1. The summed E-state index contributed by atoms with van der Waals surface area (Å²) in [5, 5.41) is 4.02. The highest BCUT2D eigenvalue weighted by molar-refractivity contribution is 7.93. The van der Waals surface area contributed by atoms with Crippen molar-refractivity contribution in [3.63, 3.8) is 0 Å². The van der Waals surface area contributed by atoms with Crippen LogP contribution in [0.5, 0.6) is 0 Å². The molecule has 0 amide bonds. The van der Waals surface area contributed by atoms with Gasteiger partial charge in [0.25, 0.3) is 10.0 Å². The normalized spacial score (nSPS) is 11.6. The minimum absolute atomic E-state index is 0.0449. The predicted octanol–water partition coefficient (Wildman–Crippen LogP) is 1.61. The van der Waals surface area contributed by atoms with E-state index in [9.17, 15) is 8.42 Å². The largest absolute Gasteiger partial charge is 0.398 e. The summed E-state index contributed by atoms with van der Waals surface area (Å²) in [6, 6.07) is 6.37. The van der Waals surface area contributed by atoms with Crippen molar-refractivity contribution in [3.8, 4) is 0 Å². The van der Waals surface area contributed by atoms with Crippen LogP contribution >= 0.6 is 0 Å². The zero-order chi connectivity index (χ0) is 14.2. The predicted molar refractivity (Wildman–Crippen MR) is 73.5 cm³/mol. The van der Waals surface area contributed by atoms with Crippen molar-refractivity contribution in [2.45, 2.75) is 4.90 Å². The highest BCUT2D eigenvalue weighted by Gasteiger charge is 2.19. The summed E-state index contributed by atoms with van der Waals surface area (Å²) in [5.41, 5.74) is 6.85. The van der Waals surface area contributed by atoms with Crippen LogP contribution in [-0.4, -0.2) is 18.6 Å². The number of pyridine rings is 1. The zero-order valence-corrected chi connectivity index (χ0v) is 11.0. The Balaban J connectivity index is 2.17. The van der Waals surface area contributed by atoms with Gasteiger partial charge >= 0.3 is 0 Å². The van der Waals surface area contributed by atoms with Crippen molar-refractivity contribution in [1.29, 1.82) is 0 Å². The summed E-state index contributed by atoms with van der Waals surface area (Å²) in [5.74, 6) is 0. The summed E-state index contributed by atoms with van der Waals surface area (Å²) in [6.07, 6.45) is 3.98. The molecule has 8 heteroatoms. The average molecular weight is 290 g/mol. The van der Waals surface area contributed by atoms with Gasteiger partial charge in [0.05, 0.1) is 11.7 Å². The van der Waals surface area contributed by atoms with Gasteiger partial charge in [0.15, 0.2) is 0 Å². The first-order chi connectivity index (χ1) is 9.58. The second-order valence-electron chi connectivity index (χ2n) is 4.07. The Morgan fingerprint density at radius 3 is 2.85 bits per heavy atom. The molecule has 0 radical (unpaired) electrons. The molecule has 2 aromatic heterocycles. The maximum atomic E-state index is 12.4. The first-order valence-corrected chi connectivity index (χ1v) is 7.12. The maximum Gasteiger partial charge on any atom is 0.264 e. The highest BCUT2D eigenvalue weighted by Crippen LogP contribution is 2.27. The van der Waals surface area contributed by atoms with E-state index in [0.29, 0.717) is 16.6 Å². The summed E-state index contributed by atoms with van der Waals surface area (Å²) in [4.78, 5) is 4.14. The molecular weight excluding hydrogens is 280 g/mol. The van der Waals surface area contributed by atoms with E-state index in [1.54, 1.807) is 12.1 Å². The van der Waals surface area contributed by atoms with E-state index < -0.39 is 10.0 Å². The van der Waals surface area contributed by atoms with Gasteiger partial charge in [-0.15, -0.1) is 0 Å². The van der Waals surface area contributed by atoms with E-state index >= 15 is 0 Å². The summed E-state index contributed by atoms with van der Waals surface area (Å²) in [7, 11) is -3.79. The van der Waals surface area contributed by atoms with Crippen molar-refractivity contribution in [3.05, 3.63) is 42.9 Å². The lowest BCUT2D eigenvalue weighted by Crippen LogP contribution is -2.13. The van der Waals surface area contributed by atoms with Crippen LogP contribution in [0.15, 0.2) is 52.3 Å². The smallest absolute Gasteiger partial charge is 0.264 e. The molecule has 0 atom stereocenters. The Hall–Kier alpha value is -2.61. The first kappa shape index (κ1) is 12.4. The Kier molecular flexibility index (Phi) is 2.79. The van der Waals surface area contributed by atoms with Gasteiger partial charge in [0, 0.05) is 17.3 Å². The van der Waals surface area contributed by atoms with Crippen LogP contribution in [0.25, 0.3) is 10.9 Å². The average Bonchev–Trinajstić information content (AvgIpc) is 2.91. The van der Waals surface area contributed by atoms with Gasteiger partial charge in [-0.3, -0.25) is 9.71 Å². The fraction of sp³-hybridized carbons (Fsp3) is 0. The number of hydrogen-bond donors (Lipinski definition) is 2. The minimum atomic E-state index is -3.79. The number of nitrogens with two attached hydrogens (primary N) is 1. The summed E-state index contributed by atoms with van der Waals surface area (Å²) < 4.78 is 31.7. The van der Waals surface area contributed by atoms with Crippen LogP contribution in [0, 0.1) is 0 Å². The zero-order valence-electron chi connectivity index (χ0n) is 10.1. The van der Waals surface area contributed by atoms with E-state index in [1.807, 2.05) is 0 Å². The second kappa shape index (κ2) is 4.49. The summed E-state index contributed by atoms with van der Waals surface area (Å²) >= 11 is 0. The third-order valence-corrected chi connectivity index (χ3v) is 4.15. The quantitative estimate of drug-likeness (QED) is 0.709. The Labute approximate surface area is 114 Å². The second-order valence-corrected chi connectivity index (χ2v) is 5.72. The molecule has 1 aromatic carbocycles. The van der Waals surface area contributed by atoms with Crippen molar-refractivity contribution in [2.75, 3.05) is 10.5 Å². The van der Waals surface area contributed by atoms with E-state index in [0.717, 1.165) is 0 Å². The van der Waals surface area contributed by atoms with Crippen LogP contribution in [0.4, 0.5) is 11.4 Å². The maximum absolute atomic E-state index is 12.4. The molecule has 0 aliphatic heterocycles. The number of nitrogen functional groups attached to an aromatic ring is 1. The number of anilines is 2. The minimum Gasteiger partial charge on any atom is -0.398 e. The molecule has 0 saturated carbocycles. The number of sulfonamides is 1. The van der Waals surface area contributed by atoms with Crippen LogP contribution in [0.3, 0.4) is 0 Å². The van der Waals surface area contributed by atoms with Gasteiger partial charge in [0.1, 0.15) is 16.8 Å². The molecule has 3 aromatic rings. The lowest BCUT2D eigenvalue weighted by atomic mass is 10.2. The molecule has 0 aliphatic rings. The van der Waals surface area contributed by atoms with Gasteiger partial charge < -0.3 is 10.3 Å². The molecule has 7 nitrogen and oxygen atoms in total. The Morgan fingerprint density at radius 2 is 2.10 bits per heavy atom. The fourth-order valence-corrected chi connectivity index (χ4v) is 3.04. The standard InChI is InChI=1S/C12H10N4O3S/c13-10-3-4-11(12-9(10)2-1-5-14-12)20(17,18)16-8-6-15-19-7-8/h1-7,16H,13H2. The number of aromatic nitrogens is 2. The van der Waals surface area contributed by atoms with Crippen LogP contribution in [0.2, 0.25) is 0 Å². The van der Waals surface area contributed by atoms with Crippen LogP contribution in [0.1, 0.15) is 0 Å². The third-order valence-electron chi connectivity index (χ3n) is 2.74. The van der Waals surface area contributed by atoms with Gasteiger partial charge in [0.2, 0.25) is 0 Å². The number of fused-ring (bicyclic) bond motifs is 1. The third kappa shape index (κ3) is 2.05. The molecule has 3 rings (SSSR count). The van der Waals surface area contributed by atoms with Gasteiger partial charge in [-0.1, -0.05) is 5.16 Å². The molecule has 2 heterocycles. The van der Waals surface area contributed by atoms with Crippen molar-refractivity contribution in [1.82, 2.24) is 10.1 Å². The molecule has 0 bridgehead atoms. The summed E-state index contributed by atoms with van der Waals surface area (Å²) in [6.45, 7) is 0. The lowest BCUT2D eigenvalue weighted by molar-refractivity contribution is 0.420. The molecule has 20 heavy (non-hydrogen) atoms. The van der Waals surface area contributed by atoms with E-state index in [4.69, 9.17) is 5.73 Å². The highest BCUT2D eigenvalue weighted by atomic mass is 32.2. The molecule has 0 aliphatic carbocycles. The molecule has 0 spiro atoms. The SMILES string of the molecule is Nc1ccc(S(=O)(=O)Nc2cnoc2)c2ncccc12. The topological polar surface area (TPSA) is 111 Å². The molecule has 3 N–H and O–H groups in total. The van der Waals surface area contributed by atoms with Gasteiger partial charge in [-0.05, 0) is 24.3 Å². The molecule has 0 saturated heterocycles. The van der Waals surface area contributed by atoms with E-state index in [1.165, 1.54) is 30.8 Å². The molecule has 0 unspecified atom stereocenters. The molecule has 0 fully saturated rings. The first-order valence-electron chi connectivity index (χ1n) is 5.63. The number of hydrogen-bond acceptors (Lipinski definition) is 6. The Morgan fingerprint density at radius 1 is 1.25 bits per heavy atom. The van der Waals surface area contributed by atoms with Crippen molar-refractivity contribution in [2.24, 2.45) is 0 Å². The van der Waals surface area contributed by atoms with Crippen molar-refractivity contribution >= 4 is 32.3 Å². The number of rotatable bonds is 3.